The number of nitrogens with zero attached hydrogens (tertiary/aromatic N) is 1. The van der Waals surface area contributed by atoms with Crippen molar-refractivity contribution in [3.63, 3.8) is 0 Å². The van der Waals surface area contributed by atoms with E-state index >= 15 is 0 Å². The molecule has 1 heterocycles. The highest BCUT2D eigenvalue weighted by molar-refractivity contribution is 7.89. The smallest absolute Gasteiger partial charge is 0.305 e. The van der Waals surface area contributed by atoms with Crippen LogP contribution in [0, 0.1) is 0 Å². The van der Waals surface area contributed by atoms with Gasteiger partial charge in [-0.3, -0.25) is 9.78 Å². The minimum Gasteiger partial charge on any atom is -0.481 e. The second-order valence-electron chi connectivity index (χ2n) is 4.63. The van der Waals surface area contributed by atoms with Crippen LogP contribution in [0.2, 0.25) is 0 Å². The topological polar surface area (TPSA) is 122 Å². The molecule has 0 saturated carbocycles. The number of benzene rings is 1. The van der Waals surface area contributed by atoms with Crippen molar-refractivity contribution in [3.05, 3.63) is 54.4 Å². The molecule has 0 aliphatic rings. The summed E-state index contributed by atoms with van der Waals surface area (Å²) in [5.74, 6) is -1.12. The number of pyridine rings is 1. The molecule has 0 spiro atoms. The standard InChI is InChI=1S/C14H15N3O4S/c15-11-5-3-10(4-6-11)13(8-14(18)19)17-22(20,21)12-2-1-7-16-9-12/h1-7,9,13,17H,8,15H2,(H,18,19)/t13-/m1/s1. The monoisotopic (exact) mass is 321 g/mol. The van der Waals surface area contributed by atoms with Crippen LogP contribution in [0.25, 0.3) is 0 Å². The third-order valence-corrected chi connectivity index (χ3v) is 4.42. The highest BCUT2D eigenvalue weighted by Gasteiger charge is 2.23. The van der Waals surface area contributed by atoms with E-state index in [-0.39, 0.29) is 11.3 Å². The van der Waals surface area contributed by atoms with Gasteiger partial charge in [-0.15, -0.1) is 0 Å². The molecule has 0 unspecified atom stereocenters. The zero-order valence-corrected chi connectivity index (χ0v) is 12.3. The largest absolute Gasteiger partial charge is 0.481 e. The van der Waals surface area contributed by atoms with Gasteiger partial charge in [0.05, 0.1) is 12.5 Å². The van der Waals surface area contributed by atoms with Crippen molar-refractivity contribution in [2.45, 2.75) is 17.4 Å². The number of nitrogens with one attached hydrogen (secondary N) is 1. The van der Waals surface area contributed by atoms with Crippen LogP contribution in [0.4, 0.5) is 5.69 Å². The molecule has 0 aliphatic heterocycles. The Labute approximate surface area is 127 Å². The van der Waals surface area contributed by atoms with E-state index in [1.807, 2.05) is 0 Å². The number of aromatic nitrogens is 1. The molecule has 0 bridgehead atoms. The summed E-state index contributed by atoms with van der Waals surface area (Å²) in [6.07, 6.45) is 2.26. The highest BCUT2D eigenvalue weighted by atomic mass is 32.2. The minimum absolute atomic E-state index is 0.0270. The van der Waals surface area contributed by atoms with Crippen molar-refractivity contribution in [2.24, 2.45) is 0 Å². The molecule has 1 aromatic heterocycles. The summed E-state index contributed by atoms with van der Waals surface area (Å²) in [4.78, 5) is 14.7. The number of nitrogen functional groups attached to an aromatic ring is 1. The van der Waals surface area contributed by atoms with E-state index in [2.05, 4.69) is 9.71 Å². The van der Waals surface area contributed by atoms with Crippen molar-refractivity contribution in [1.29, 1.82) is 0 Å². The van der Waals surface area contributed by atoms with Crippen molar-refractivity contribution >= 4 is 21.7 Å². The molecule has 4 N–H and O–H groups in total. The molecule has 0 fully saturated rings. The number of carbonyl (C=O) groups is 1. The molecule has 0 saturated heterocycles. The third kappa shape index (κ3) is 4.03. The van der Waals surface area contributed by atoms with Gasteiger partial charge >= 0.3 is 5.97 Å². The van der Waals surface area contributed by atoms with Gasteiger partial charge in [0.1, 0.15) is 4.90 Å². The van der Waals surface area contributed by atoms with Crippen molar-refractivity contribution in [1.82, 2.24) is 9.71 Å². The normalized spacial score (nSPS) is 12.7. The quantitative estimate of drug-likeness (QED) is 0.686. The van der Waals surface area contributed by atoms with Gasteiger partial charge in [-0.2, -0.15) is 0 Å². The van der Waals surface area contributed by atoms with Gasteiger partial charge in [-0.25, -0.2) is 13.1 Å². The summed E-state index contributed by atoms with van der Waals surface area (Å²) in [6, 6.07) is 8.33. The molecule has 22 heavy (non-hydrogen) atoms. The van der Waals surface area contributed by atoms with E-state index < -0.39 is 22.0 Å². The average Bonchev–Trinajstić information content (AvgIpc) is 2.47. The lowest BCUT2D eigenvalue weighted by molar-refractivity contribution is -0.137. The first-order valence-corrected chi connectivity index (χ1v) is 7.86. The highest BCUT2D eigenvalue weighted by Crippen LogP contribution is 2.21. The molecular weight excluding hydrogens is 306 g/mol. The van der Waals surface area contributed by atoms with Crippen molar-refractivity contribution in [3.8, 4) is 0 Å². The predicted molar refractivity (Wildman–Crippen MR) is 80.4 cm³/mol. The van der Waals surface area contributed by atoms with Crippen LogP contribution in [0.15, 0.2) is 53.7 Å². The second kappa shape index (κ2) is 6.54. The van der Waals surface area contributed by atoms with E-state index in [1.54, 1.807) is 24.3 Å². The predicted octanol–water partition coefficient (Wildman–Crippen LogP) is 1.16. The first-order chi connectivity index (χ1) is 10.4. The Balaban J connectivity index is 2.31. The van der Waals surface area contributed by atoms with Gasteiger partial charge in [0.2, 0.25) is 10.0 Å². The molecule has 0 amide bonds. The summed E-state index contributed by atoms with van der Waals surface area (Å²) in [5, 5.41) is 9.00. The number of carboxylic acids is 1. The molecular formula is C14H15N3O4S. The fourth-order valence-corrected chi connectivity index (χ4v) is 3.08. The lowest BCUT2D eigenvalue weighted by Gasteiger charge is -2.17. The fourth-order valence-electron chi connectivity index (χ4n) is 1.89. The van der Waals surface area contributed by atoms with E-state index in [0.717, 1.165) is 0 Å². The number of carboxylic acid groups (broad SMARTS) is 1. The Hall–Kier alpha value is -2.45. The van der Waals surface area contributed by atoms with Crippen LogP contribution >= 0.6 is 0 Å². The zero-order valence-electron chi connectivity index (χ0n) is 11.5. The van der Waals surface area contributed by atoms with Gasteiger partial charge in [0.15, 0.2) is 0 Å². The van der Waals surface area contributed by atoms with Crippen LogP contribution in [0.5, 0.6) is 0 Å². The number of aliphatic carboxylic acids is 1. The van der Waals surface area contributed by atoms with Gasteiger partial charge < -0.3 is 10.8 Å². The minimum atomic E-state index is -3.87. The summed E-state index contributed by atoms with van der Waals surface area (Å²) in [5.41, 5.74) is 6.61. The molecule has 2 rings (SSSR count). The van der Waals surface area contributed by atoms with Gasteiger partial charge in [0.25, 0.3) is 0 Å². The number of hydrogen-bond acceptors (Lipinski definition) is 5. The van der Waals surface area contributed by atoms with Crippen LogP contribution in [0.3, 0.4) is 0 Å². The number of nitrogens with two attached hydrogens (primary N) is 1. The average molecular weight is 321 g/mol. The van der Waals surface area contributed by atoms with Crippen LogP contribution in [-0.2, 0) is 14.8 Å². The van der Waals surface area contributed by atoms with Crippen molar-refractivity contribution in [2.75, 3.05) is 5.73 Å². The molecule has 7 nitrogen and oxygen atoms in total. The molecule has 2 aromatic rings. The Morgan fingerprint density at radius 1 is 1.27 bits per heavy atom. The maximum absolute atomic E-state index is 12.3. The van der Waals surface area contributed by atoms with E-state index in [0.29, 0.717) is 11.3 Å². The number of sulfonamides is 1. The first kappa shape index (κ1) is 15.9. The summed E-state index contributed by atoms with van der Waals surface area (Å²) >= 11 is 0. The SMILES string of the molecule is Nc1ccc([C@@H](CC(=O)O)NS(=O)(=O)c2cccnc2)cc1. The Kier molecular flexibility index (Phi) is 4.74. The zero-order chi connectivity index (χ0) is 16.2. The molecule has 0 aliphatic carbocycles. The first-order valence-electron chi connectivity index (χ1n) is 6.38. The number of anilines is 1. The second-order valence-corrected chi connectivity index (χ2v) is 6.34. The van der Waals surface area contributed by atoms with Gasteiger partial charge in [0, 0.05) is 18.1 Å². The molecule has 1 aromatic carbocycles. The third-order valence-electron chi connectivity index (χ3n) is 2.96. The lowest BCUT2D eigenvalue weighted by Crippen LogP contribution is -2.30. The maximum Gasteiger partial charge on any atom is 0.305 e. The van der Waals surface area contributed by atoms with Crippen LogP contribution in [0.1, 0.15) is 18.0 Å². The Bertz CT molecular complexity index is 745. The van der Waals surface area contributed by atoms with Crippen LogP contribution < -0.4 is 10.5 Å². The summed E-state index contributed by atoms with van der Waals surface area (Å²) in [7, 11) is -3.87. The molecule has 116 valence electrons. The Morgan fingerprint density at radius 2 is 1.95 bits per heavy atom. The maximum atomic E-state index is 12.3. The van der Waals surface area contributed by atoms with Gasteiger partial charge in [-0.05, 0) is 29.8 Å². The molecule has 1 atom stereocenters. The van der Waals surface area contributed by atoms with Crippen LogP contribution in [-0.4, -0.2) is 24.5 Å². The van der Waals surface area contributed by atoms with E-state index in [9.17, 15) is 13.2 Å². The summed E-state index contributed by atoms with van der Waals surface area (Å²) in [6.45, 7) is 0. The molecule has 8 heteroatoms. The number of rotatable bonds is 6. The number of hydrogen-bond donors (Lipinski definition) is 3. The van der Waals surface area contributed by atoms with E-state index in [1.165, 1.54) is 24.5 Å². The Morgan fingerprint density at radius 3 is 2.50 bits per heavy atom. The fraction of sp³-hybridized carbons (Fsp3) is 0.143. The summed E-state index contributed by atoms with van der Waals surface area (Å²) < 4.78 is 27.0. The van der Waals surface area contributed by atoms with Crippen molar-refractivity contribution < 1.29 is 18.3 Å². The van der Waals surface area contributed by atoms with Gasteiger partial charge in [-0.1, -0.05) is 12.1 Å². The lowest BCUT2D eigenvalue weighted by atomic mass is 10.0. The van der Waals surface area contributed by atoms with E-state index in [4.69, 9.17) is 10.8 Å². The molecule has 0 radical (unpaired) electrons.